The lowest BCUT2D eigenvalue weighted by Gasteiger charge is -2.32. The van der Waals surface area contributed by atoms with Crippen LogP contribution in [0.2, 0.25) is 0 Å². The standard InChI is InChI=1S/C23H20F3N5O2.C2HF3O2/c24-23(25,26)16-5-1-4-15(14-16)17-8-9-18-21(27-17)31(12-13-33-18)22(32)29-19-6-2-7-20(28-19)30-10-3-11-30;3-2(4,5)1(6)7/h1-2,4-9,14H,3,10-13H2,(H,28,29,32);(H,6,7). The molecule has 3 aromatic rings. The van der Waals surface area contributed by atoms with E-state index >= 15 is 0 Å². The van der Waals surface area contributed by atoms with Crippen molar-refractivity contribution in [2.75, 3.05) is 41.4 Å². The van der Waals surface area contributed by atoms with Gasteiger partial charge in [-0.3, -0.25) is 10.2 Å². The molecule has 9 nitrogen and oxygen atoms in total. The number of ether oxygens (including phenoxy) is 1. The van der Waals surface area contributed by atoms with Crippen molar-refractivity contribution in [2.45, 2.75) is 18.8 Å². The smallest absolute Gasteiger partial charge is 0.488 e. The lowest BCUT2D eigenvalue weighted by atomic mass is 10.1. The van der Waals surface area contributed by atoms with Crippen LogP contribution in [-0.4, -0.2) is 59.5 Å². The minimum Gasteiger partial charge on any atom is -0.488 e. The number of pyridine rings is 2. The Labute approximate surface area is 223 Å². The molecular weight excluding hydrogens is 548 g/mol. The zero-order chi connectivity index (χ0) is 29.1. The van der Waals surface area contributed by atoms with Crippen molar-refractivity contribution in [2.24, 2.45) is 0 Å². The largest absolute Gasteiger partial charge is 0.490 e. The maximum atomic E-state index is 13.1. The third-order valence-corrected chi connectivity index (χ3v) is 5.79. The van der Waals surface area contributed by atoms with Crippen LogP contribution in [-0.2, 0) is 11.0 Å². The Morgan fingerprint density at radius 3 is 2.25 bits per heavy atom. The molecule has 1 aromatic carbocycles. The van der Waals surface area contributed by atoms with E-state index in [1.165, 1.54) is 11.0 Å². The van der Waals surface area contributed by atoms with E-state index in [0.29, 0.717) is 22.8 Å². The molecular formula is C25H21F6N5O4. The van der Waals surface area contributed by atoms with Gasteiger partial charge in [-0.25, -0.2) is 19.6 Å². The molecule has 2 aliphatic heterocycles. The number of hydrogen-bond acceptors (Lipinski definition) is 6. The molecule has 2 amide bonds. The lowest BCUT2D eigenvalue weighted by molar-refractivity contribution is -0.192. The molecule has 0 saturated carbocycles. The van der Waals surface area contributed by atoms with Gasteiger partial charge in [0.25, 0.3) is 0 Å². The van der Waals surface area contributed by atoms with Gasteiger partial charge in [0.2, 0.25) is 0 Å². The van der Waals surface area contributed by atoms with Crippen LogP contribution in [0.15, 0.2) is 54.6 Å². The fourth-order valence-electron chi connectivity index (χ4n) is 3.70. The van der Waals surface area contributed by atoms with Crippen molar-refractivity contribution < 1.29 is 45.8 Å². The molecule has 0 bridgehead atoms. The molecule has 15 heteroatoms. The zero-order valence-corrected chi connectivity index (χ0v) is 20.5. The number of urea groups is 1. The first kappa shape index (κ1) is 28.4. The minimum atomic E-state index is -5.08. The molecule has 0 aliphatic carbocycles. The van der Waals surface area contributed by atoms with Gasteiger partial charge in [0.1, 0.15) is 18.2 Å². The van der Waals surface area contributed by atoms with Gasteiger partial charge in [0, 0.05) is 18.7 Å². The maximum absolute atomic E-state index is 13.1. The number of carbonyl (C=O) groups is 2. The van der Waals surface area contributed by atoms with Crippen LogP contribution < -0.4 is 19.9 Å². The first-order chi connectivity index (χ1) is 18.8. The summed E-state index contributed by atoms with van der Waals surface area (Å²) in [5.74, 6) is -0.924. The number of fused-ring (bicyclic) bond motifs is 1. The highest BCUT2D eigenvalue weighted by atomic mass is 19.4. The number of carboxylic acid groups (broad SMARTS) is 1. The normalized spacial score (nSPS) is 14.7. The molecule has 40 heavy (non-hydrogen) atoms. The highest BCUT2D eigenvalue weighted by Gasteiger charge is 2.38. The summed E-state index contributed by atoms with van der Waals surface area (Å²) in [6.07, 6.45) is -8.43. The van der Waals surface area contributed by atoms with Crippen molar-refractivity contribution in [3.63, 3.8) is 0 Å². The summed E-state index contributed by atoms with van der Waals surface area (Å²) in [6, 6.07) is 13.1. The second kappa shape index (κ2) is 11.3. The van der Waals surface area contributed by atoms with Crippen LogP contribution in [0.25, 0.3) is 11.3 Å². The van der Waals surface area contributed by atoms with E-state index in [-0.39, 0.29) is 19.0 Å². The first-order valence-corrected chi connectivity index (χ1v) is 11.7. The van der Waals surface area contributed by atoms with E-state index in [2.05, 4.69) is 20.2 Å². The van der Waals surface area contributed by atoms with Crippen molar-refractivity contribution in [1.29, 1.82) is 0 Å². The summed E-state index contributed by atoms with van der Waals surface area (Å²) >= 11 is 0. The highest BCUT2D eigenvalue weighted by molar-refractivity contribution is 6.02. The molecule has 0 spiro atoms. The van der Waals surface area contributed by atoms with Crippen LogP contribution in [0, 0.1) is 0 Å². The summed E-state index contributed by atoms with van der Waals surface area (Å²) in [6.45, 7) is 2.38. The quantitative estimate of drug-likeness (QED) is 0.405. The molecule has 1 saturated heterocycles. The number of aromatic nitrogens is 2. The molecule has 212 valence electrons. The molecule has 2 N–H and O–H groups in total. The molecule has 1 fully saturated rings. The van der Waals surface area contributed by atoms with Crippen molar-refractivity contribution in [1.82, 2.24) is 9.97 Å². The van der Waals surface area contributed by atoms with Gasteiger partial charge < -0.3 is 14.7 Å². The summed E-state index contributed by atoms with van der Waals surface area (Å²) < 4.78 is 76.7. The average molecular weight is 569 g/mol. The van der Waals surface area contributed by atoms with Gasteiger partial charge in [-0.05, 0) is 42.8 Å². The third-order valence-electron chi connectivity index (χ3n) is 5.79. The Balaban J connectivity index is 0.000000470. The SMILES string of the molecule is O=C(Nc1cccc(N2CCC2)n1)N1CCOc2ccc(-c3cccc(C(F)(F)F)c3)nc21.O=C(O)C(F)(F)F. The Hall–Kier alpha value is -4.56. The summed E-state index contributed by atoms with van der Waals surface area (Å²) in [7, 11) is 0. The number of benzene rings is 1. The molecule has 0 radical (unpaired) electrons. The predicted molar refractivity (Wildman–Crippen MR) is 131 cm³/mol. The Kier molecular flexibility index (Phi) is 8.02. The number of halogens is 6. The van der Waals surface area contributed by atoms with Gasteiger partial charge in [-0.15, -0.1) is 0 Å². The second-order valence-corrected chi connectivity index (χ2v) is 8.55. The number of amides is 2. The molecule has 2 aliphatic rings. The summed E-state index contributed by atoms with van der Waals surface area (Å²) in [5.41, 5.74) is -0.165. The van der Waals surface area contributed by atoms with Crippen molar-refractivity contribution in [3.8, 4) is 17.0 Å². The van der Waals surface area contributed by atoms with Gasteiger partial charge >= 0.3 is 24.4 Å². The molecule has 0 unspecified atom stereocenters. The molecule has 2 aromatic heterocycles. The Bertz CT molecular complexity index is 1390. The predicted octanol–water partition coefficient (Wildman–Crippen LogP) is 5.44. The molecule has 5 rings (SSSR count). The number of hydrogen-bond donors (Lipinski definition) is 2. The fraction of sp³-hybridized carbons (Fsp3) is 0.280. The van der Waals surface area contributed by atoms with E-state index in [9.17, 15) is 31.1 Å². The number of rotatable bonds is 3. The second-order valence-electron chi connectivity index (χ2n) is 8.55. The number of anilines is 3. The van der Waals surface area contributed by atoms with Crippen LogP contribution in [0.4, 0.5) is 48.6 Å². The fourth-order valence-corrected chi connectivity index (χ4v) is 3.70. The van der Waals surface area contributed by atoms with Crippen molar-refractivity contribution >= 4 is 29.5 Å². The zero-order valence-electron chi connectivity index (χ0n) is 20.5. The highest BCUT2D eigenvalue weighted by Crippen LogP contribution is 2.35. The molecule has 4 heterocycles. The van der Waals surface area contributed by atoms with Gasteiger partial charge in [-0.2, -0.15) is 26.3 Å². The number of carbonyl (C=O) groups excluding carboxylic acids is 1. The van der Waals surface area contributed by atoms with Crippen LogP contribution in [0.3, 0.4) is 0 Å². The summed E-state index contributed by atoms with van der Waals surface area (Å²) in [4.78, 5) is 34.4. The van der Waals surface area contributed by atoms with Crippen LogP contribution >= 0.6 is 0 Å². The van der Waals surface area contributed by atoms with Crippen LogP contribution in [0.1, 0.15) is 12.0 Å². The van der Waals surface area contributed by atoms with E-state index in [1.807, 2.05) is 12.1 Å². The van der Waals surface area contributed by atoms with E-state index < -0.39 is 29.9 Å². The van der Waals surface area contributed by atoms with Crippen molar-refractivity contribution in [3.05, 3.63) is 60.2 Å². The molecule has 0 atom stereocenters. The number of nitrogens with one attached hydrogen (secondary N) is 1. The van der Waals surface area contributed by atoms with Gasteiger partial charge in [0.15, 0.2) is 11.6 Å². The topological polar surface area (TPSA) is 108 Å². The Morgan fingerprint density at radius 1 is 0.925 bits per heavy atom. The average Bonchev–Trinajstić information content (AvgIpc) is 2.86. The number of carboxylic acids is 1. The maximum Gasteiger partial charge on any atom is 0.490 e. The minimum absolute atomic E-state index is 0.240. The third kappa shape index (κ3) is 6.71. The number of aliphatic carboxylic acids is 1. The van der Waals surface area contributed by atoms with Gasteiger partial charge in [0.05, 0.1) is 17.8 Å². The van der Waals surface area contributed by atoms with Gasteiger partial charge in [-0.1, -0.05) is 18.2 Å². The lowest BCUT2D eigenvalue weighted by Crippen LogP contribution is -2.41. The Morgan fingerprint density at radius 2 is 1.62 bits per heavy atom. The first-order valence-electron chi connectivity index (χ1n) is 11.7. The van der Waals surface area contributed by atoms with E-state index in [4.69, 9.17) is 14.6 Å². The summed E-state index contributed by atoms with van der Waals surface area (Å²) in [5, 5.41) is 9.91. The van der Waals surface area contributed by atoms with Crippen LogP contribution in [0.5, 0.6) is 5.75 Å². The number of nitrogens with zero attached hydrogens (tertiary/aromatic N) is 4. The number of alkyl halides is 6. The monoisotopic (exact) mass is 569 g/mol. The van der Waals surface area contributed by atoms with E-state index in [0.717, 1.165) is 37.5 Å². The van der Waals surface area contributed by atoms with E-state index in [1.54, 1.807) is 24.3 Å².